The lowest BCUT2D eigenvalue weighted by atomic mass is 9.99. The second-order valence-corrected chi connectivity index (χ2v) is 9.38. The minimum atomic E-state index is -1.62. The molecule has 0 bridgehead atoms. The number of carbonyl (C=O) groups is 2. The predicted octanol–water partition coefficient (Wildman–Crippen LogP) is 2.01. The molecule has 0 aromatic heterocycles. The van der Waals surface area contributed by atoms with Crippen LogP contribution in [0.25, 0.3) is 12.2 Å². The van der Waals surface area contributed by atoms with Gasteiger partial charge in [0.15, 0.2) is 35.4 Å². The average Bonchev–Trinajstić information content (AvgIpc) is 3.06. The Kier molecular flexibility index (Phi) is 12.9. The first kappa shape index (κ1) is 35.0. The first-order valence-electron chi connectivity index (χ1n) is 13.5. The number of hydrogen-bond acceptors (Lipinski definition) is 14. The molecule has 1 heterocycles. The number of aliphatic hydroxyl groups excluding tert-OH is 2. The van der Waals surface area contributed by atoms with E-state index in [-0.39, 0.29) is 0 Å². The van der Waals surface area contributed by atoms with Gasteiger partial charge in [-0.3, -0.25) is 0 Å². The van der Waals surface area contributed by atoms with Crippen LogP contribution in [0.3, 0.4) is 0 Å². The highest BCUT2D eigenvalue weighted by Crippen LogP contribution is 2.39. The number of methoxy groups -OCH3 is 7. The van der Waals surface area contributed by atoms with Gasteiger partial charge in [-0.2, -0.15) is 0 Å². The van der Waals surface area contributed by atoms with Gasteiger partial charge in [0.1, 0.15) is 24.9 Å². The van der Waals surface area contributed by atoms with Gasteiger partial charge < -0.3 is 57.6 Å². The largest absolute Gasteiger partial charge is 0.493 e. The van der Waals surface area contributed by atoms with Crippen molar-refractivity contribution in [3.05, 3.63) is 47.5 Å². The van der Waals surface area contributed by atoms with Crippen LogP contribution in [-0.4, -0.2) is 109 Å². The van der Waals surface area contributed by atoms with E-state index in [1.165, 1.54) is 61.9 Å². The molecule has 3 rings (SSSR count). The molecule has 1 aliphatic rings. The van der Waals surface area contributed by atoms with Crippen LogP contribution < -0.4 is 28.4 Å². The van der Waals surface area contributed by atoms with Crippen LogP contribution in [0, 0.1) is 0 Å². The third-order valence-electron chi connectivity index (χ3n) is 6.72. The zero-order valence-electron chi connectivity index (χ0n) is 26.0. The van der Waals surface area contributed by atoms with E-state index in [0.717, 1.165) is 12.2 Å². The molecule has 14 heteroatoms. The fourth-order valence-electron chi connectivity index (χ4n) is 4.47. The van der Waals surface area contributed by atoms with E-state index in [0.29, 0.717) is 45.6 Å². The van der Waals surface area contributed by atoms with Crippen LogP contribution in [0.5, 0.6) is 34.5 Å². The highest BCUT2D eigenvalue weighted by Gasteiger charge is 2.47. The van der Waals surface area contributed by atoms with Crippen molar-refractivity contribution < 1.29 is 67.2 Å². The fourth-order valence-corrected chi connectivity index (χ4v) is 4.47. The number of carbonyl (C=O) groups excluding carboxylic acids is 2. The molecule has 0 aliphatic carbocycles. The van der Waals surface area contributed by atoms with E-state index in [1.54, 1.807) is 24.3 Å². The Balaban J connectivity index is 1.62. The van der Waals surface area contributed by atoms with E-state index in [4.69, 9.17) is 47.4 Å². The van der Waals surface area contributed by atoms with Crippen molar-refractivity contribution in [1.82, 2.24) is 0 Å². The Morgan fingerprint density at radius 2 is 1.13 bits per heavy atom. The molecule has 0 unspecified atom stereocenters. The third-order valence-corrected chi connectivity index (χ3v) is 6.72. The van der Waals surface area contributed by atoms with Gasteiger partial charge in [0.05, 0.1) is 42.7 Å². The summed E-state index contributed by atoms with van der Waals surface area (Å²) < 4.78 is 53.3. The molecule has 0 radical (unpaired) electrons. The van der Waals surface area contributed by atoms with Gasteiger partial charge >= 0.3 is 11.9 Å². The Morgan fingerprint density at radius 1 is 0.689 bits per heavy atom. The fraction of sp³-hybridized carbons (Fsp3) is 0.419. The SMILES string of the molecule is COc1cc(/C=C/C(=O)OC[C@H]2O[C@H](OC)[C@H](OC(=O)/C=C/c3cc(OC)c(OC)c(OC)c3)[C@@H](O)[C@@H]2O)cc(OC)c1OC. The Bertz CT molecular complexity index is 1320. The summed E-state index contributed by atoms with van der Waals surface area (Å²) in [7, 11) is 10.1. The average molecular weight is 635 g/mol. The smallest absolute Gasteiger partial charge is 0.331 e. The Labute approximate surface area is 260 Å². The van der Waals surface area contributed by atoms with Gasteiger partial charge in [-0.15, -0.1) is 0 Å². The second-order valence-electron chi connectivity index (χ2n) is 9.38. The van der Waals surface area contributed by atoms with Crippen molar-refractivity contribution in [3.63, 3.8) is 0 Å². The Morgan fingerprint density at radius 3 is 1.53 bits per heavy atom. The van der Waals surface area contributed by atoms with E-state index >= 15 is 0 Å². The minimum absolute atomic E-state index is 0.381. The molecule has 14 nitrogen and oxygen atoms in total. The zero-order valence-corrected chi connectivity index (χ0v) is 26.0. The first-order chi connectivity index (χ1) is 21.6. The number of hydrogen-bond donors (Lipinski definition) is 2. The van der Waals surface area contributed by atoms with Crippen LogP contribution in [0.15, 0.2) is 36.4 Å². The summed E-state index contributed by atoms with van der Waals surface area (Å²) in [6.07, 6.45) is -1.89. The molecule has 5 atom stereocenters. The van der Waals surface area contributed by atoms with Crippen molar-refractivity contribution in [1.29, 1.82) is 0 Å². The molecule has 1 fully saturated rings. The molecule has 2 aromatic carbocycles. The van der Waals surface area contributed by atoms with E-state index < -0.39 is 49.3 Å². The standard InChI is InChI=1S/C31H38O14/c1-36-19-12-17(13-20(37-2)28(19)40-5)8-10-24(32)43-16-23-26(34)27(35)30(31(42-7)44-23)45-25(33)11-9-18-14-21(38-3)29(41-6)22(15-18)39-4/h8-15,23,26-27,30-31,34-35H,16H2,1-7H3/b10-8+,11-9+/t23-,26-,27+,30-,31+/m1/s1. The molecule has 45 heavy (non-hydrogen) atoms. The van der Waals surface area contributed by atoms with E-state index in [1.807, 2.05) is 0 Å². The summed E-state index contributed by atoms with van der Waals surface area (Å²) in [5, 5.41) is 21.4. The number of ether oxygens (including phenoxy) is 10. The van der Waals surface area contributed by atoms with Crippen LogP contribution in [0.2, 0.25) is 0 Å². The van der Waals surface area contributed by atoms with Crippen molar-refractivity contribution in [3.8, 4) is 34.5 Å². The Hall–Kier alpha value is -4.50. The molecule has 2 aromatic rings. The van der Waals surface area contributed by atoms with Crippen molar-refractivity contribution in [2.75, 3.05) is 56.4 Å². The van der Waals surface area contributed by atoms with Crippen LogP contribution in [-0.2, 0) is 28.5 Å². The summed E-state index contributed by atoms with van der Waals surface area (Å²) in [6.45, 7) is -0.432. The molecule has 0 saturated carbocycles. The molecular weight excluding hydrogens is 596 g/mol. The van der Waals surface area contributed by atoms with Gasteiger partial charge in [-0.1, -0.05) is 0 Å². The quantitative estimate of drug-likeness (QED) is 0.229. The summed E-state index contributed by atoms with van der Waals surface area (Å²) >= 11 is 0. The monoisotopic (exact) mass is 634 g/mol. The molecule has 2 N–H and O–H groups in total. The maximum absolute atomic E-state index is 12.6. The molecule has 246 valence electrons. The molecule has 0 spiro atoms. The number of aliphatic hydroxyl groups is 2. The topological polar surface area (TPSA) is 167 Å². The van der Waals surface area contributed by atoms with Gasteiger partial charge in [-0.05, 0) is 47.5 Å². The van der Waals surface area contributed by atoms with Gasteiger partial charge in [0.25, 0.3) is 0 Å². The summed E-state index contributed by atoms with van der Waals surface area (Å²) in [5.41, 5.74) is 1.10. The highest BCUT2D eigenvalue weighted by molar-refractivity contribution is 5.88. The summed E-state index contributed by atoms with van der Waals surface area (Å²) in [6, 6.07) is 6.52. The van der Waals surface area contributed by atoms with E-state index in [9.17, 15) is 19.8 Å². The maximum atomic E-state index is 12.6. The van der Waals surface area contributed by atoms with Gasteiger partial charge in [-0.25, -0.2) is 9.59 Å². The maximum Gasteiger partial charge on any atom is 0.331 e. The predicted molar refractivity (Wildman–Crippen MR) is 159 cm³/mol. The van der Waals surface area contributed by atoms with Crippen molar-refractivity contribution >= 4 is 24.1 Å². The second kappa shape index (κ2) is 16.5. The summed E-state index contributed by atoms with van der Waals surface area (Å²) in [4.78, 5) is 25.1. The highest BCUT2D eigenvalue weighted by atomic mass is 16.7. The number of esters is 2. The molecule has 0 amide bonds. The van der Waals surface area contributed by atoms with Crippen molar-refractivity contribution in [2.45, 2.75) is 30.7 Å². The molecule has 1 aliphatic heterocycles. The third kappa shape index (κ3) is 8.57. The first-order valence-corrected chi connectivity index (χ1v) is 13.5. The lowest BCUT2D eigenvalue weighted by Crippen LogP contribution is -2.60. The normalized spacial score (nSPS) is 21.3. The minimum Gasteiger partial charge on any atom is -0.493 e. The van der Waals surface area contributed by atoms with E-state index in [2.05, 4.69) is 0 Å². The zero-order chi connectivity index (χ0) is 33.1. The van der Waals surface area contributed by atoms with Crippen LogP contribution in [0.4, 0.5) is 0 Å². The number of benzene rings is 2. The molecule has 1 saturated heterocycles. The van der Waals surface area contributed by atoms with Gasteiger partial charge in [0.2, 0.25) is 11.5 Å². The summed E-state index contributed by atoms with van der Waals surface area (Å²) in [5.74, 6) is 0.729. The van der Waals surface area contributed by atoms with Gasteiger partial charge in [0, 0.05) is 19.3 Å². The lowest BCUT2D eigenvalue weighted by Gasteiger charge is -2.40. The number of rotatable bonds is 14. The van der Waals surface area contributed by atoms with Crippen LogP contribution in [0.1, 0.15) is 11.1 Å². The lowest BCUT2D eigenvalue weighted by molar-refractivity contribution is -0.297. The van der Waals surface area contributed by atoms with Crippen molar-refractivity contribution in [2.24, 2.45) is 0 Å². The molecular formula is C31H38O14. The van der Waals surface area contributed by atoms with Crippen LogP contribution >= 0.6 is 0 Å².